The first kappa shape index (κ1) is 13.3. The van der Waals surface area contributed by atoms with Crippen molar-refractivity contribution in [2.75, 3.05) is 13.7 Å². The Morgan fingerprint density at radius 3 is 2.94 bits per heavy atom. The summed E-state index contributed by atoms with van der Waals surface area (Å²) in [4.78, 5) is 4.23. The second-order valence-corrected chi connectivity index (χ2v) is 4.76. The molecule has 2 heterocycles. The highest BCUT2D eigenvalue weighted by atomic mass is 16.5. The quantitative estimate of drug-likeness (QED) is 0.871. The summed E-state index contributed by atoms with van der Waals surface area (Å²) in [7, 11) is 1.66. The van der Waals surface area contributed by atoms with Crippen molar-refractivity contribution in [3.05, 3.63) is 24.0 Å². The van der Waals surface area contributed by atoms with E-state index in [9.17, 15) is 0 Å². The minimum Gasteiger partial charge on any atom is -0.495 e. The van der Waals surface area contributed by atoms with Crippen molar-refractivity contribution < 1.29 is 9.47 Å². The van der Waals surface area contributed by atoms with Crippen molar-refractivity contribution in [3.63, 3.8) is 0 Å². The summed E-state index contributed by atoms with van der Waals surface area (Å²) in [6.07, 6.45) is 6.43. The van der Waals surface area contributed by atoms with Crippen molar-refractivity contribution in [1.82, 2.24) is 10.3 Å². The maximum atomic E-state index is 5.97. The topological polar surface area (TPSA) is 43.4 Å². The van der Waals surface area contributed by atoms with E-state index in [1.807, 2.05) is 12.3 Å². The normalized spacial score (nSPS) is 25.1. The van der Waals surface area contributed by atoms with Gasteiger partial charge in [-0.3, -0.25) is 4.98 Å². The number of nitrogens with one attached hydrogen (secondary N) is 1. The van der Waals surface area contributed by atoms with Gasteiger partial charge in [0.15, 0.2) is 0 Å². The Morgan fingerprint density at radius 1 is 1.50 bits per heavy atom. The second-order valence-electron chi connectivity index (χ2n) is 4.76. The smallest absolute Gasteiger partial charge is 0.137 e. The molecule has 4 heteroatoms. The van der Waals surface area contributed by atoms with Gasteiger partial charge >= 0.3 is 0 Å². The van der Waals surface area contributed by atoms with Crippen molar-refractivity contribution in [2.45, 2.75) is 44.9 Å². The van der Waals surface area contributed by atoms with Gasteiger partial charge in [-0.1, -0.05) is 6.92 Å². The number of ether oxygens (including phenoxy) is 2. The Balaban J connectivity index is 2.17. The van der Waals surface area contributed by atoms with Gasteiger partial charge in [-0.2, -0.15) is 0 Å². The maximum Gasteiger partial charge on any atom is 0.137 e. The van der Waals surface area contributed by atoms with Crippen LogP contribution in [0.4, 0.5) is 0 Å². The molecule has 18 heavy (non-hydrogen) atoms. The van der Waals surface area contributed by atoms with Gasteiger partial charge in [-0.25, -0.2) is 0 Å². The van der Waals surface area contributed by atoms with Gasteiger partial charge in [-0.05, 0) is 37.9 Å². The fourth-order valence-corrected chi connectivity index (χ4v) is 2.48. The van der Waals surface area contributed by atoms with Gasteiger partial charge < -0.3 is 14.8 Å². The van der Waals surface area contributed by atoms with Crippen LogP contribution in [-0.4, -0.2) is 30.8 Å². The Kier molecular flexibility index (Phi) is 4.55. The number of hydrogen-bond acceptors (Lipinski definition) is 4. The molecule has 3 unspecified atom stereocenters. The summed E-state index contributed by atoms with van der Waals surface area (Å²) in [6, 6.07) is 2.23. The molecule has 0 spiro atoms. The molecule has 0 amide bonds. The van der Waals surface area contributed by atoms with Gasteiger partial charge in [0.1, 0.15) is 5.75 Å². The zero-order chi connectivity index (χ0) is 13.0. The van der Waals surface area contributed by atoms with Gasteiger partial charge in [0.05, 0.1) is 31.6 Å². The zero-order valence-corrected chi connectivity index (χ0v) is 11.3. The lowest BCUT2D eigenvalue weighted by Gasteiger charge is -2.24. The van der Waals surface area contributed by atoms with E-state index in [1.54, 1.807) is 13.3 Å². The Hall–Kier alpha value is -1.13. The van der Waals surface area contributed by atoms with Crippen LogP contribution < -0.4 is 10.1 Å². The molecule has 1 saturated heterocycles. The molecule has 1 N–H and O–H groups in total. The first-order valence-electron chi connectivity index (χ1n) is 6.62. The molecular formula is C14H22N2O2. The first-order valence-corrected chi connectivity index (χ1v) is 6.62. The van der Waals surface area contributed by atoms with Crippen molar-refractivity contribution in [3.8, 4) is 5.75 Å². The molecule has 1 aromatic heterocycles. The van der Waals surface area contributed by atoms with E-state index in [0.717, 1.165) is 30.7 Å². The number of rotatable bonds is 5. The predicted molar refractivity (Wildman–Crippen MR) is 70.8 cm³/mol. The molecule has 4 nitrogen and oxygen atoms in total. The zero-order valence-electron chi connectivity index (χ0n) is 11.3. The average molecular weight is 250 g/mol. The van der Waals surface area contributed by atoms with Crippen LogP contribution >= 0.6 is 0 Å². The molecule has 1 aromatic rings. The molecule has 0 radical (unpaired) electrons. The third kappa shape index (κ3) is 3.00. The molecule has 0 aromatic carbocycles. The van der Waals surface area contributed by atoms with Crippen LogP contribution in [0.3, 0.4) is 0 Å². The molecule has 1 fully saturated rings. The monoisotopic (exact) mass is 250 g/mol. The predicted octanol–water partition coefficient (Wildman–Crippen LogP) is 2.31. The maximum absolute atomic E-state index is 5.97. The Morgan fingerprint density at radius 2 is 2.33 bits per heavy atom. The standard InChI is InChI=1S/C14H22N2O2/c1-4-16-14(13-6-5-10(2)18-13)11-7-12(17-3)9-15-8-11/h7-10,13-14,16H,4-6H2,1-3H3. The lowest BCUT2D eigenvalue weighted by Crippen LogP contribution is -2.32. The third-order valence-corrected chi connectivity index (χ3v) is 3.39. The number of aromatic nitrogens is 1. The Bertz CT molecular complexity index is 384. The molecule has 1 aliphatic heterocycles. The van der Waals surface area contributed by atoms with Crippen LogP contribution in [0.15, 0.2) is 18.5 Å². The van der Waals surface area contributed by atoms with E-state index in [2.05, 4.69) is 24.1 Å². The molecule has 0 aliphatic carbocycles. The van der Waals surface area contributed by atoms with Crippen molar-refractivity contribution in [1.29, 1.82) is 0 Å². The van der Waals surface area contributed by atoms with Crippen molar-refractivity contribution in [2.24, 2.45) is 0 Å². The lowest BCUT2D eigenvalue weighted by atomic mass is 10.0. The highest BCUT2D eigenvalue weighted by Crippen LogP contribution is 2.30. The number of hydrogen-bond donors (Lipinski definition) is 1. The third-order valence-electron chi connectivity index (χ3n) is 3.39. The summed E-state index contributed by atoms with van der Waals surface area (Å²) in [5.74, 6) is 0.793. The molecule has 100 valence electrons. The van der Waals surface area contributed by atoms with E-state index < -0.39 is 0 Å². The largest absolute Gasteiger partial charge is 0.495 e. The molecule has 2 rings (SSSR count). The molecule has 1 aliphatic rings. The van der Waals surface area contributed by atoms with E-state index >= 15 is 0 Å². The van der Waals surface area contributed by atoms with Crippen LogP contribution in [-0.2, 0) is 4.74 Å². The van der Waals surface area contributed by atoms with E-state index in [-0.39, 0.29) is 12.1 Å². The highest BCUT2D eigenvalue weighted by molar-refractivity contribution is 5.27. The van der Waals surface area contributed by atoms with E-state index in [1.165, 1.54) is 0 Å². The summed E-state index contributed by atoms with van der Waals surface area (Å²) in [6.45, 7) is 5.15. The minimum atomic E-state index is 0.197. The van der Waals surface area contributed by atoms with Crippen LogP contribution in [0.1, 0.15) is 38.3 Å². The van der Waals surface area contributed by atoms with Gasteiger partial charge in [-0.15, -0.1) is 0 Å². The van der Waals surface area contributed by atoms with Gasteiger partial charge in [0, 0.05) is 6.20 Å². The number of methoxy groups -OCH3 is 1. The number of pyridine rings is 1. The second kappa shape index (κ2) is 6.16. The fraction of sp³-hybridized carbons (Fsp3) is 0.643. The summed E-state index contributed by atoms with van der Waals surface area (Å²) >= 11 is 0. The number of nitrogens with zero attached hydrogens (tertiary/aromatic N) is 1. The molecule has 3 atom stereocenters. The van der Waals surface area contributed by atoms with Crippen LogP contribution in [0, 0.1) is 0 Å². The summed E-state index contributed by atoms with van der Waals surface area (Å²) in [5.41, 5.74) is 1.13. The van der Waals surface area contributed by atoms with E-state index in [4.69, 9.17) is 9.47 Å². The van der Waals surface area contributed by atoms with Crippen LogP contribution in [0.2, 0.25) is 0 Å². The number of likely N-dealkylation sites (N-methyl/N-ethyl adjacent to an activating group) is 1. The average Bonchev–Trinajstić information content (AvgIpc) is 2.82. The van der Waals surface area contributed by atoms with Gasteiger partial charge in [0.25, 0.3) is 0 Å². The molecule has 0 bridgehead atoms. The van der Waals surface area contributed by atoms with Gasteiger partial charge in [0.2, 0.25) is 0 Å². The fourth-order valence-electron chi connectivity index (χ4n) is 2.48. The Labute approximate surface area is 109 Å². The first-order chi connectivity index (χ1) is 8.74. The summed E-state index contributed by atoms with van der Waals surface area (Å²) in [5, 5.41) is 3.49. The van der Waals surface area contributed by atoms with E-state index in [0.29, 0.717) is 6.10 Å². The SMILES string of the molecule is CCNC(c1cncc(OC)c1)C1CCC(C)O1. The van der Waals surface area contributed by atoms with Crippen LogP contribution in [0.5, 0.6) is 5.75 Å². The van der Waals surface area contributed by atoms with Crippen molar-refractivity contribution >= 4 is 0 Å². The summed E-state index contributed by atoms with van der Waals surface area (Å²) < 4.78 is 11.2. The highest BCUT2D eigenvalue weighted by Gasteiger charge is 2.30. The molecular weight excluding hydrogens is 228 g/mol. The lowest BCUT2D eigenvalue weighted by molar-refractivity contribution is 0.0318. The molecule has 0 saturated carbocycles. The minimum absolute atomic E-state index is 0.197. The van der Waals surface area contributed by atoms with Crippen LogP contribution in [0.25, 0.3) is 0 Å².